The molecule has 3 atom stereocenters. The minimum absolute atomic E-state index is 0. The normalized spacial score (nSPS) is 21.7. The van der Waals surface area contributed by atoms with E-state index in [-0.39, 0.29) is 36.6 Å². The highest BCUT2D eigenvalue weighted by atomic mass is 35.5. The molecule has 0 bridgehead atoms. The van der Waals surface area contributed by atoms with Crippen molar-refractivity contribution in [3.05, 3.63) is 48.0 Å². The van der Waals surface area contributed by atoms with Gasteiger partial charge in [-0.15, -0.1) is 12.4 Å². The van der Waals surface area contributed by atoms with Crippen molar-refractivity contribution in [2.45, 2.75) is 38.0 Å². The fourth-order valence-corrected chi connectivity index (χ4v) is 2.94. The van der Waals surface area contributed by atoms with Crippen LogP contribution in [0.4, 0.5) is 0 Å². The zero-order valence-corrected chi connectivity index (χ0v) is 14.0. The van der Waals surface area contributed by atoms with Crippen molar-refractivity contribution in [2.24, 2.45) is 5.73 Å². The van der Waals surface area contributed by atoms with E-state index in [1.165, 1.54) is 10.8 Å². The van der Waals surface area contributed by atoms with Gasteiger partial charge in [0.25, 0.3) is 0 Å². The summed E-state index contributed by atoms with van der Waals surface area (Å²) in [6.45, 7) is 2.47. The van der Waals surface area contributed by atoms with E-state index in [1.54, 1.807) is 0 Å². The molecule has 2 aromatic carbocycles. The molecule has 1 aliphatic rings. The molecule has 3 rings (SSSR count). The second-order valence-corrected chi connectivity index (χ2v) is 5.90. The van der Waals surface area contributed by atoms with Crippen LogP contribution in [0.1, 0.15) is 31.4 Å². The number of hydrogen-bond donors (Lipinski definition) is 2. The Balaban J connectivity index is 0.00000192. The summed E-state index contributed by atoms with van der Waals surface area (Å²) in [5.41, 5.74) is 6.68. The van der Waals surface area contributed by atoms with Crippen LogP contribution in [0.2, 0.25) is 0 Å². The Kier molecular flexibility index (Phi) is 5.99. The molecule has 124 valence electrons. The van der Waals surface area contributed by atoms with E-state index in [9.17, 15) is 4.79 Å². The summed E-state index contributed by atoms with van der Waals surface area (Å²) >= 11 is 0. The highest BCUT2D eigenvalue weighted by molar-refractivity contribution is 5.85. The molecular formula is C18H23ClN2O2. The minimum Gasteiger partial charge on any atom is -0.364 e. The van der Waals surface area contributed by atoms with Crippen LogP contribution in [0.5, 0.6) is 0 Å². The van der Waals surface area contributed by atoms with Crippen LogP contribution in [-0.4, -0.2) is 24.7 Å². The molecule has 1 heterocycles. The third kappa shape index (κ3) is 4.02. The lowest BCUT2D eigenvalue weighted by Crippen LogP contribution is -2.36. The van der Waals surface area contributed by atoms with Gasteiger partial charge in [0.15, 0.2) is 0 Å². The van der Waals surface area contributed by atoms with E-state index in [0.29, 0.717) is 6.54 Å². The lowest BCUT2D eigenvalue weighted by molar-refractivity contribution is -0.132. The highest BCUT2D eigenvalue weighted by Crippen LogP contribution is 2.22. The number of carbonyl (C=O) groups excluding carboxylic acids is 1. The topological polar surface area (TPSA) is 64.4 Å². The molecule has 1 fully saturated rings. The Hall–Kier alpha value is -1.62. The number of halogens is 1. The summed E-state index contributed by atoms with van der Waals surface area (Å²) in [4.78, 5) is 12.3. The van der Waals surface area contributed by atoms with Gasteiger partial charge in [-0.1, -0.05) is 36.4 Å². The number of fused-ring (bicyclic) bond motifs is 1. The van der Waals surface area contributed by atoms with Crippen molar-refractivity contribution >= 4 is 29.1 Å². The van der Waals surface area contributed by atoms with Crippen LogP contribution in [0, 0.1) is 0 Å². The molecular weight excluding hydrogens is 312 g/mol. The van der Waals surface area contributed by atoms with Crippen LogP contribution in [0.3, 0.4) is 0 Å². The SMILES string of the molecule is CC(NC(=O)[C@@H]1CC[C@H](CN)O1)c1ccc2ccccc2c1.Cl. The quantitative estimate of drug-likeness (QED) is 0.903. The van der Waals surface area contributed by atoms with Crippen molar-refractivity contribution < 1.29 is 9.53 Å². The molecule has 4 nitrogen and oxygen atoms in total. The van der Waals surface area contributed by atoms with Crippen LogP contribution >= 0.6 is 12.4 Å². The summed E-state index contributed by atoms with van der Waals surface area (Å²) in [6, 6.07) is 14.4. The number of nitrogens with two attached hydrogens (primary N) is 1. The van der Waals surface area contributed by atoms with Gasteiger partial charge in [-0.3, -0.25) is 4.79 Å². The lowest BCUT2D eigenvalue weighted by atomic mass is 10.0. The fourth-order valence-electron chi connectivity index (χ4n) is 2.94. The molecule has 1 unspecified atom stereocenters. The van der Waals surface area contributed by atoms with E-state index in [1.807, 2.05) is 19.1 Å². The van der Waals surface area contributed by atoms with Crippen molar-refractivity contribution in [3.63, 3.8) is 0 Å². The number of amides is 1. The van der Waals surface area contributed by atoms with Gasteiger partial charge >= 0.3 is 0 Å². The predicted molar refractivity (Wildman–Crippen MR) is 94.7 cm³/mol. The molecule has 3 N–H and O–H groups in total. The second-order valence-electron chi connectivity index (χ2n) is 5.90. The van der Waals surface area contributed by atoms with Crippen LogP contribution in [0.25, 0.3) is 10.8 Å². The highest BCUT2D eigenvalue weighted by Gasteiger charge is 2.30. The standard InChI is InChI=1S/C18H22N2O2.ClH/c1-12(20-18(21)17-9-8-16(11-19)22-17)14-7-6-13-4-2-3-5-15(13)10-14;/h2-7,10,12,16-17H,8-9,11,19H2,1H3,(H,20,21);1H/t12?,16-,17+;/m1./s1. The number of carbonyl (C=O) groups is 1. The van der Waals surface area contributed by atoms with Crippen LogP contribution in [-0.2, 0) is 9.53 Å². The fraction of sp³-hybridized carbons (Fsp3) is 0.389. The van der Waals surface area contributed by atoms with E-state index >= 15 is 0 Å². The number of hydrogen-bond acceptors (Lipinski definition) is 3. The van der Waals surface area contributed by atoms with E-state index in [2.05, 4.69) is 35.6 Å². The van der Waals surface area contributed by atoms with Crippen molar-refractivity contribution in [1.82, 2.24) is 5.32 Å². The van der Waals surface area contributed by atoms with E-state index in [0.717, 1.165) is 18.4 Å². The lowest BCUT2D eigenvalue weighted by Gasteiger charge is -2.18. The molecule has 0 radical (unpaired) electrons. The molecule has 1 saturated heterocycles. The summed E-state index contributed by atoms with van der Waals surface area (Å²) in [5, 5.41) is 5.43. The molecule has 5 heteroatoms. The Morgan fingerprint density at radius 2 is 2.00 bits per heavy atom. The van der Waals surface area contributed by atoms with Gasteiger partial charge in [0.2, 0.25) is 5.91 Å². The van der Waals surface area contributed by atoms with Gasteiger partial charge in [0, 0.05) is 6.54 Å². The first kappa shape index (κ1) is 17.7. The molecule has 0 aromatic heterocycles. The van der Waals surface area contributed by atoms with Crippen LogP contribution < -0.4 is 11.1 Å². The zero-order chi connectivity index (χ0) is 15.5. The molecule has 0 spiro atoms. The van der Waals surface area contributed by atoms with E-state index < -0.39 is 0 Å². The average molecular weight is 335 g/mol. The van der Waals surface area contributed by atoms with Gasteiger partial charge in [0.05, 0.1) is 12.1 Å². The number of benzene rings is 2. The molecule has 0 aliphatic carbocycles. The average Bonchev–Trinajstić information content (AvgIpc) is 3.03. The van der Waals surface area contributed by atoms with Crippen molar-refractivity contribution in [2.75, 3.05) is 6.54 Å². The molecule has 1 aliphatic heterocycles. The minimum atomic E-state index is -0.364. The van der Waals surface area contributed by atoms with E-state index in [4.69, 9.17) is 10.5 Å². The van der Waals surface area contributed by atoms with Gasteiger partial charge in [0.1, 0.15) is 6.10 Å². The summed E-state index contributed by atoms with van der Waals surface area (Å²) < 4.78 is 5.64. The van der Waals surface area contributed by atoms with Gasteiger partial charge in [-0.2, -0.15) is 0 Å². The maximum absolute atomic E-state index is 12.3. The predicted octanol–water partition coefficient (Wildman–Crippen LogP) is 2.95. The Morgan fingerprint density at radius 1 is 1.26 bits per heavy atom. The molecule has 23 heavy (non-hydrogen) atoms. The molecule has 1 amide bonds. The maximum atomic E-state index is 12.3. The number of nitrogens with one attached hydrogen (secondary N) is 1. The van der Waals surface area contributed by atoms with Gasteiger partial charge in [-0.05, 0) is 42.2 Å². The third-order valence-corrected chi connectivity index (χ3v) is 4.30. The van der Waals surface area contributed by atoms with Crippen molar-refractivity contribution in [1.29, 1.82) is 0 Å². The molecule has 0 saturated carbocycles. The maximum Gasteiger partial charge on any atom is 0.249 e. The number of rotatable bonds is 4. The first-order valence-corrected chi connectivity index (χ1v) is 7.82. The zero-order valence-electron chi connectivity index (χ0n) is 13.2. The summed E-state index contributed by atoms with van der Waals surface area (Å²) in [7, 11) is 0. The monoisotopic (exact) mass is 334 g/mol. The second kappa shape index (κ2) is 7.77. The smallest absolute Gasteiger partial charge is 0.249 e. The number of ether oxygens (including phenoxy) is 1. The first-order valence-electron chi connectivity index (χ1n) is 7.82. The largest absolute Gasteiger partial charge is 0.364 e. The Labute approximate surface area is 142 Å². The third-order valence-electron chi connectivity index (χ3n) is 4.30. The molecule has 2 aromatic rings. The first-order chi connectivity index (χ1) is 10.7. The van der Waals surface area contributed by atoms with Crippen LogP contribution in [0.15, 0.2) is 42.5 Å². The Bertz CT molecular complexity index is 677. The van der Waals surface area contributed by atoms with Gasteiger partial charge in [-0.25, -0.2) is 0 Å². The van der Waals surface area contributed by atoms with Crippen molar-refractivity contribution in [3.8, 4) is 0 Å². The summed E-state index contributed by atoms with van der Waals surface area (Å²) in [6.07, 6.45) is 1.26. The summed E-state index contributed by atoms with van der Waals surface area (Å²) in [5.74, 6) is -0.0448. The van der Waals surface area contributed by atoms with Gasteiger partial charge < -0.3 is 15.8 Å². The Morgan fingerprint density at radius 3 is 2.70 bits per heavy atom.